The minimum atomic E-state index is -0.605. The van der Waals surface area contributed by atoms with E-state index in [4.69, 9.17) is 16.3 Å². The average Bonchev–Trinajstić information content (AvgIpc) is 2.78. The summed E-state index contributed by atoms with van der Waals surface area (Å²) < 4.78 is 5.99. The number of ether oxygens (including phenoxy) is 1. The lowest BCUT2D eigenvalue weighted by Gasteiger charge is -2.31. The molecular formula is C27H37ClN2O3. The van der Waals surface area contributed by atoms with Crippen molar-refractivity contribution in [3.63, 3.8) is 0 Å². The molecule has 0 aliphatic carbocycles. The molecule has 0 unspecified atom stereocenters. The molecule has 0 radical (unpaired) electrons. The van der Waals surface area contributed by atoms with E-state index < -0.39 is 6.04 Å². The van der Waals surface area contributed by atoms with Crippen LogP contribution >= 0.6 is 11.6 Å². The Balaban J connectivity index is 2.26. The number of carbonyl (C=O) groups excluding carboxylic acids is 2. The van der Waals surface area contributed by atoms with Crippen LogP contribution in [0.3, 0.4) is 0 Å². The fourth-order valence-corrected chi connectivity index (χ4v) is 3.87. The van der Waals surface area contributed by atoms with Gasteiger partial charge in [0.25, 0.3) is 5.91 Å². The van der Waals surface area contributed by atoms with Gasteiger partial charge in [0.2, 0.25) is 5.91 Å². The summed E-state index contributed by atoms with van der Waals surface area (Å²) in [5.41, 5.74) is 1.70. The molecule has 180 valence electrons. The van der Waals surface area contributed by atoms with Gasteiger partial charge < -0.3 is 15.0 Å². The van der Waals surface area contributed by atoms with Gasteiger partial charge in [-0.3, -0.25) is 9.59 Å². The van der Waals surface area contributed by atoms with Crippen molar-refractivity contribution in [2.24, 2.45) is 0 Å². The van der Waals surface area contributed by atoms with Crippen LogP contribution in [0.4, 0.5) is 0 Å². The standard InChI is InChI=1S/C27H37ClN2O3/c1-6-8-17-29-26(32)23(7-2)30(18-20-13-9-11-15-22(20)28)25(31)19-33-24-16-12-10-14-21(24)27(3,4)5/h9-16,23H,6-8,17-19H2,1-5H3,(H,29,32)/t23-/m1/s1. The van der Waals surface area contributed by atoms with Crippen molar-refractivity contribution in [3.05, 3.63) is 64.7 Å². The predicted molar refractivity (Wildman–Crippen MR) is 135 cm³/mol. The first-order valence-corrected chi connectivity index (χ1v) is 12.1. The molecule has 2 amide bonds. The van der Waals surface area contributed by atoms with E-state index in [0.717, 1.165) is 24.0 Å². The number of amides is 2. The Morgan fingerprint density at radius 3 is 2.36 bits per heavy atom. The summed E-state index contributed by atoms with van der Waals surface area (Å²) >= 11 is 6.38. The van der Waals surface area contributed by atoms with Crippen LogP contribution in [-0.2, 0) is 21.5 Å². The third-order valence-corrected chi connectivity index (χ3v) is 5.93. The molecule has 0 spiro atoms. The second-order valence-corrected chi connectivity index (χ2v) is 9.62. The van der Waals surface area contributed by atoms with Gasteiger partial charge in [-0.1, -0.05) is 89.0 Å². The Bertz CT molecular complexity index is 924. The highest BCUT2D eigenvalue weighted by molar-refractivity contribution is 6.31. The van der Waals surface area contributed by atoms with Gasteiger partial charge in [-0.25, -0.2) is 0 Å². The second-order valence-electron chi connectivity index (χ2n) is 9.22. The van der Waals surface area contributed by atoms with Crippen molar-refractivity contribution in [1.82, 2.24) is 10.2 Å². The van der Waals surface area contributed by atoms with E-state index in [0.29, 0.717) is 23.7 Å². The van der Waals surface area contributed by atoms with Crippen LogP contribution in [0.25, 0.3) is 0 Å². The second kappa shape index (κ2) is 12.6. The van der Waals surface area contributed by atoms with E-state index in [1.807, 2.05) is 49.4 Å². The van der Waals surface area contributed by atoms with Crippen LogP contribution in [0.2, 0.25) is 5.02 Å². The summed E-state index contributed by atoms with van der Waals surface area (Å²) in [6.45, 7) is 11.0. The monoisotopic (exact) mass is 472 g/mol. The lowest BCUT2D eigenvalue weighted by Crippen LogP contribution is -2.50. The Kier molecular flexibility index (Phi) is 10.2. The van der Waals surface area contributed by atoms with Crippen molar-refractivity contribution in [3.8, 4) is 5.75 Å². The highest BCUT2D eigenvalue weighted by Gasteiger charge is 2.29. The number of nitrogens with one attached hydrogen (secondary N) is 1. The number of nitrogens with zero attached hydrogens (tertiary/aromatic N) is 1. The lowest BCUT2D eigenvalue weighted by atomic mass is 9.86. The summed E-state index contributed by atoms with van der Waals surface area (Å²) in [4.78, 5) is 27.9. The van der Waals surface area contributed by atoms with Crippen LogP contribution in [0.1, 0.15) is 65.0 Å². The van der Waals surface area contributed by atoms with Crippen molar-refractivity contribution in [1.29, 1.82) is 0 Å². The summed E-state index contributed by atoms with van der Waals surface area (Å²) in [5.74, 6) is 0.272. The number of benzene rings is 2. The first-order valence-electron chi connectivity index (χ1n) is 11.7. The molecule has 1 N–H and O–H groups in total. The van der Waals surface area contributed by atoms with Crippen molar-refractivity contribution in [2.75, 3.05) is 13.2 Å². The molecule has 0 saturated carbocycles. The summed E-state index contributed by atoms with van der Waals surface area (Å²) in [6, 6.07) is 14.5. The number of carbonyl (C=O) groups is 2. The smallest absolute Gasteiger partial charge is 0.261 e. The Labute approximate surface area is 203 Å². The number of unbranched alkanes of at least 4 members (excludes halogenated alkanes) is 1. The van der Waals surface area contributed by atoms with E-state index in [9.17, 15) is 9.59 Å². The highest BCUT2D eigenvalue weighted by Crippen LogP contribution is 2.31. The number of halogens is 1. The van der Waals surface area contributed by atoms with E-state index in [1.54, 1.807) is 11.0 Å². The van der Waals surface area contributed by atoms with Gasteiger partial charge >= 0.3 is 0 Å². The quantitative estimate of drug-likeness (QED) is 0.424. The number of rotatable bonds is 11. The Morgan fingerprint density at radius 2 is 1.73 bits per heavy atom. The molecule has 5 nitrogen and oxygen atoms in total. The van der Waals surface area contributed by atoms with Crippen molar-refractivity contribution in [2.45, 2.75) is 71.9 Å². The maximum absolute atomic E-state index is 13.4. The first-order chi connectivity index (χ1) is 15.7. The molecule has 0 saturated heterocycles. The topological polar surface area (TPSA) is 58.6 Å². The molecule has 1 atom stereocenters. The van der Waals surface area contributed by atoms with Crippen LogP contribution < -0.4 is 10.1 Å². The Morgan fingerprint density at radius 1 is 1.06 bits per heavy atom. The van der Waals surface area contributed by atoms with Gasteiger partial charge in [0.1, 0.15) is 11.8 Å². The summed E-state index contributed by atoms with van der Waals surface area (Å²) in [5, 5.41) is 3.53. The molecule has 0 fully saturated rings. The predicted octanol–water partition coefficient (Wildman–Crippen LogP) is 5.74. The zero-order valence-electron chi connectivity index (χ0n) is 20.5. The van der Waals surface area contributed by atoms with Crippen LogP contribution in [0.5, 0.6) is 5.75 Å². The molecule has 33 heavy (non-hydrogen) atoms. The van der Waals surface area contributed by atoms with E-state index in [2.05, 4.69) is 33.0 Å². The highest BCUT2D eigenvalue weighted by atomic mass is 35.5. The SMILES string of the molecule is CCCCNC(=O)[C@@H](CC)N(Cc1ccccc1Cl)C(=O)COc1ccccc1C(C)(C)C. The fourth-order valence-electron chi connectivity index (χ4n) is 3.67. The van der Waals surface area contributed by atoms with E-state index in [1.165, 1.54) is 0 Å². The molecule has 0 heterocycles. The summed E-state index contributed by atoms with van der Waals surface area (Å²) in [7, 11) is 0. The third kappa shape index (κ3) is 7.78. The molecule has 0 aliphatic rings. The van der Waals surface area contributed by atoms with Crippen LogP contribution in [0, 0.1) is 0 Å². The minimum Gasteiger partial charge on any atom is -0.483 e. The van der Waals surface area contributed by atoms with E-state index in [-0.39, 0.29) is 30.4 Å². The zero-order valence-corrected chi connectivity index (χ0v) is 21.2. The molecule has 0 aromatic heterocycles. The molecule has 6 heteroatoms. The maximum atomic E-state index is 13.4. The first kappa shape index (κ1) is 26.7. The minimum absolute atomic E-state index is 0.123. The molecular weight excluding hydrogens is 436 g/mol. The number of hydrogen-bond acceptors (Lipinski definition) is 3. The number of para-hydroxylation sites is 1. The third-order valence-electron chi connectivity index (χ3n) is 5.56. The Hall–Kier alpha value is -2.53. The van der Waals surface area contributed by atoms with Crippen LogP contribution in [-0.4, -0.2) is 35.9 Å². The van der Waals surface area contributed by atoms with E-state index >= 15 is 0 Å². The number of hydrogen-bond donors (Lipinski definition) is 1. The zero-order chi connectivity index (χ0) is 24.4. The molecule has 2 aromatic carbocycles. The fraction of sp³-hybridized carbons (Fsp3) is 0.481. The van der Waals surface area contributed by atoms with Gasteiger partial charge in [0.05, 0.1) is 0 Å². The summed E-state index contributed by atoms with van der Waals surface area (Å²) in [6.07, 6.45) is 2.38. The molecule has 0 bridgehead atoms. The average molecular weight is 473 g/mol. The molecule has 2 aromatic rings. The largest absolute Gasteiger partial charge is 0.483 e. The van der Waals surface area contributed by atoms with Gasteiger partial charge in [-0.2, -0.15) is 0 Å². The van der Waals surface area contributed by atoms with Crippen LogP contribution in [0.15, 0.2) is 48.5 Å². The van der Waals surface area contributed by atoms with Gasteiger partial charge in [0, 0.05) is 18.1 Å². The van der Waals surface area contributed by atoms with Gasteiger partial charge in [-0.05, 0) is 41.5 Å². The van der Waals surface area contributed by atoms with Crippen molar-refractivity contribution < 1.29 is 14.3 Å². The molecule has 0 aliphatic heterocycles. The molecule has 2 rings (SSSR count). The van der Waals surface area contributed by atoms with Crippen molar-refractivity contribution >= 4 is 23.4 Å². The maximum Gasteiger partial charge on any atom is 0.261 e. The normalized spacial score (nSPS) is 12.2. The lowest BCUT2D eigenvalue weighted by molar-refractivity contribution is -0.143. The van der Waals surface area contributed by atoms with Gasteiger partial charge in [0.15, 0.2) is 6.61 Å². The van der Waals surface area contributed by atoms with Gasteiger partial charge in [-0.15, -0.1) is 0 Å².